The average Bonchev–Trinajstić information content (AvgIpc) is 2.52. The third kappa shape index (κ3) is 5.91. The van der Waals surface area contributed by atoms with Gasteiger partial charge in [-0.3, -0.25) is 9.52 Å². The van der Waals surface area contributed by atoms with Crippen molar-refractivity contribution < 1.29 is 26.7 Å². The van der Waals surface area contributed by atoms with E-state index in [4.69, 9.17) is 0 Å². The highest BCUT2D eigenvalue weighted by Crippen LogP contribution is 2.30. The molecule has 2 N–H and O–H groups in total. The summed E-state index contributed by atoms with van der Waals surface area (Å²) in [5.41, 5.74) is 1.07. The number of anilines is 2. The van der Waals surface area contributed by atoms with Crippen molar-refractivity contribution in [1.29, 1.82) is 0 Å². The average molecular weight is 412 g/mol. The quantitative estimate of drug-likeness (QED) is 0.698. The molecule has 0 unspecified atom stereocenters. The molecule has 9 heteroatoms. The first-order valence-electron chi connectivity index (χ1n) is 8.48. The van der Waals surface area contributed by atoms with Crippen LogP contribution >= 0.6 is 0 Å². The first-order valence-corrected chi connectivity index (χ1v) is 9.97. The molecule has 0 aliphatic carbocycles. The molecule has 0 fully saturated rings. The van der Waals surface area contributed by atoms with E-state index in [2.05, 4.69) is 14.8 Å². The second kappa shape index (κ2) is 8.14. The minimum Gasteiger partial charge on any atom is -0.433 e. The number of hydrogen-bond acceptors (Lipinski definition) is 4. The molecule has 2 aromatic carbocycles. The number of carbonyl (C=O) groups excluding carboxylic acids is 1. The minimum absolute atomic E-state index is 0.0312. The maximum absolute atomic E-state index is 13.0. The smallest absolute Gasteiger partial charge is 0.394 e. The first-order chi connectivity index (χ1) is 12.9. The van der Waals surface area contributed by atoms with Crippen LogP contribution in [0.2, 0.25) is 0 Å². The van der Waals surface area contributed by atoms with Crippen LogP contribution in [0.25, 0.3) is 0 Å². The summed E-state index contributed by atoms with van der Waals surface area (Å²) in [7, 11) is -4.00. The third-order valence-corrected chi connectivity index (χ3v) is 5.08. The Morgan fingerprint density at radius 2 is 1.79 bits per heavy atom. The molecule has 0 spiro atoms. The lowest BCUT2D eigenvalue weighted by molar-refractivity contribution is -0.158. The van der Waals surface area contributed by atoms with Crippen LogP contribution in [0, 0.1) is 0 Å². The molecular weight excluding hydrogens is 390 g/mol. The summed E-state index contributed by atoms with van der Waals surface area (Å²) in [6.45, 7) is 5.60. The van der Waals surface area contributed by atoms with E-state index in [0.29, 0.717) is 18.2 Å². The summed E-state index contributed by atoms with van der Waals surface area (Å²) in [4.78, 5) is 11.3. The number of halogens is 2. The van der Waals surface area contributed by atoms with E-state index in [1.165, 1.54) is 43.3 Å². The molecule has 152 valence electrons. The van der Waals surface area contributed by atoms with E-state index in [1.54, 1.807) is 6.07 Å². The Balaban J connectivity index is 2.37. The fourth-order valence-electron chi connectivity index (χ4n) is 2.57. The number of ether oxygens (including phenoxy) is 1. The Kier molecular flexibility index (Phi) is 6.28. The number of hydrogen-bond donors (Lipinski definition) is 2. The van der Waals surface area contributed by atoms with Gasteiger partial charge in [-0.05, 0) is 41.8 Å². The van der Waals surface area contributed by atoms with Crippen molar-refractivity contribution in [2.45, 2.75) is 44.6 Å². The van der Waals surface area contributed by atoms with Crippen molar-refractivity contribution >= 4 is 27.3 Å². The number of rotatable bonds is 7. The van der Waals surface area contributed by atoms with Gasteiger partial charge in [0, 0.05) is 25.6 Å². The molecule has 6 nitrogen and oxygen atoms in total. The van der Waals surface area contributed by atoms with E-state index < -0.39 is 16.1 Å². The van der Waals surface area contributed by atoms with Crippen LogP contribution in [-0.4, -0.2) is 20.4 Å². The van der Waals surface area contributed by atoms with E-state index in [-0.39, 0.29) is 28.2 Å². The van der Waals surface area contributed by atoms with Gasteiger partial charge in [0.1, 0.15) is 5.75 Å². The highest BCUT2D eigenvalue weighted by Gasteiger charge is 2.24. The SMILES string of the molecule is CC(=O)Nc1ccc(S(=O)(=O)Nc2cccc(OC(C)(F)F)c2)c(C(C)C)c1. The molecular formula is C19H22F2N2O4S. The van der Waals surface area contributed by atoms with Crippen molar-refractivity contribution in [3.05, 3.63) is 48.0 Å². The van der Waals surface area contributed by atoms with Gasteiger partial charge in [0.15, 0.2) is 0 Å². The van der Waals surface area contributed by atoms with Crippen LogP contribution in [0.5, 0.6) is 5.75 Å². The van der Waals surface area contributed by atoms with E-state index in [0.717, 1.165) is 0 Å². The number of nitrogens with one attached hydrogen (secondary N) is 2. The Labute approximate surface area is 163 Å². The lowest BCUT2D eigenvalue weighted by atomic mass is 10.0. The Morgan fingerprint density at radius 3 is 2.36 bits per heavy atom. The van der Waals surface area contributed by atoms with Crippen LogP contribution in [0.15, 0.2) is 47.4 Å². The molecule has 0 aliphatic heterocycles. The number of benzene rings is 2. The van der Waals surface area contributed by atoms with Crippen molar-refractivity contribution in [2.24, 2.45) is 0 Å². The minimum atomic E-state index is -4.00. The maximum atomic E-state index is 13.0. The third-order valence-electron chi connectivity index (χ3n) is 3.62. The van der Waals surface area contributed by atoms with Gasteiger partial charge in [0.2, 0.25) is 5.91 Å². The Bertz CT molecular complexity index is 970. The molecule has 28 heavy (non-hydrogen) atoms. The zero-order chi connectivity index (χ0) is 21.1. The van der Waals surface area contributed by atoms with Gasteiger partial charge in [0.25, 0.3) is 10.0 Å². The molecule has 0 atom stereocenters. The molecule has 0 bridgehead atoms. The van der Waals surface area contributed by atoms with Crippen LogP contribution in [-0.2, 0) is 14.8 Å². The van der Waals surface area contributed by atoms with Gasteiger partial charge >= 0.3 is 6.11 Å². The topological polar surface area (TPSA) is 84.5 Å². The summed E-state index contributed by atoms with van der Waals surface area (Å²) in [5.74, 6) is -0.584. The van der Waals surface area contributed by atoms with Crippen molar-refractivity contribution in [3.63, 3.8) is 0 Å². The number of sulfonamides is 1. The summed E-state index contributed by atoms with van der Waals surface area (Å²) >= 11 is 0. The normalized spacial score (nSPS) is 12.0. The maximum Gasteiger partial charge on any atom is 0.394 e. The monoisotopic (exact) mass is 412 g/mol. The standard InChI is InChI=1S/C19H22F2N2O4S/c1-12(2)17-11-14(22-13(3)24)8-9-18(17)28(25,26)23-15-6-5-7-16(10-15)27-19(4,20)21/h5-12,23H,1-4H3,(H,22,24). The molecule has 1 amide bonds. The van der Waals surface area contributed by atoms with Gasteiger partial charge < -0.3 is 10.1 Å². The first kappa shape index (κ1) is 21.6. The molecule has 0 saturated carbocycles. The zero-order valence-corrected chi connectivity index (χ0v) is 16.7. The molecule has 0 heterocycles. The van der Waals surface area contributed by atoms with Gasteiger partial charge in [0.05, 0.1) is 10.6 Å². The van der Waals surface area contributed by atoms with Crippen molar-refractivity contribution in [3.8, 4) is 5.75 Å². The molecule has 2 aromatic rings. The van der Waals surface area contributed by atoms with Crippen LogP contribution in [0.4, 0.5) is 20.2 Å². The van der Waals surface area contributed by atoms with Gasteiger partial charge in [-0.15, -0.1) is 0 Å². The molecule has 2 rings (SSSR count). The molecule has 0 aliphatic rings. The number of alkyl halides is 2. The van der Waals surface area contributed by atoms with E-state index in [1.807, 2.05) is 13.8 Å². The van der Waals surface area contributed by atoms with Crippen molar-refractivity contribution in [1.82, 2.24) is 0 Å². The van der Waals surface area contributed by atoms with E-state index >= 15 is 0 Å². The van der Waals surface area contributed by atoms with E-state index in [9.17, 15) is 22.0 Å². The zero-order valence-electron chi connectivity index (χ0n) is 15.9. The summed E-state index contributed by atoms with van der Waals surface area (Å²) < 4.78 is 58.6. The lowest BCUT2D eigenvalue weighted by Gasteiger charge is -2.17. The predicted molar refractivity (Wildman–Crippen MR) is 103 cm³/mol. The summed E-state index contributed by atoms with van der Waals surface area (Å²) in [6, 6.07) is 9.79. The lowest BCUT2D eigenvalue weighted by Crippen LogP contribution is -2.19. The van der Waals surface area contributed by atoms with Gasteiger partial charge in [-0.2, -0.15) is 8.78 Å². The Hall–Kier alpha value is -2.68. The second-order valence-electron chi connectivity index (χ2n) is 6.63. The largest absolute Gasteiger partial charge is 0.433 e. The fraction of sp³-hybridized carbons (Fsp3) is 0.316. The fourth-order valence-corrected chi connectivity index (χ4v) is 3.96. The predicted octanol–water partition coefficient (Wildman–Crippen LogP) is 4.56. The molecule has 0 radical (unpaired) electrons. The van der Waals surface area contributed by atoms with Crippen LogP contribution in [0.1, 0.15) is 39.2 Å². The number of carbonyl (C=O) groups is 1. The summed E-state index contributed by atoms with van der Waals surface area (Å²) in [6.07, 6.45) is -3.39. The van der Waals surface area contributed by atoms with Crippen LogP contribution < -0.4 is 14.8 Å². The van der Waals surface area contributed by atoms with Gasteiger partial charge in [-0.1, -0.05) is 19.9 Å². The highest BCUT2D eigenvalue weighted by atomic mass is 32.2. The number of amides is 1. The summed E-state index contributed by atoms with van der Waals surface area (Å²) in [5, 5.41) is 2.62. The molecule has 0 saturated heterocycles. The van der Waals surface area contributed by atoms with Crippen LogP contribution in [0.3, 0.4) is 0 Å². The highest BCUT2D eigenvalue weighted by molar-refractivity contribution is 7.92. The van der Waals surface area contributed by atoms with Gasteiger partial charge in [-0.25, -0.2) is 8.42 Å². The van der Waals surface area contributed by atoms with Crippen molar-refractivity contribution in [2.75, 3.05) is 10.0 Å². The molecule has 0 aromatic heterocycles. The Morgan fingerprint density at radius 1 is 1.11 bits per heavy atom. The second-order valence-corrected chi connectivity index (χ2v) is 8.28.